The highest BCUT2D eigenvalue weighted by Crippen LogP contribution is 2.26. The molecule has 0 radical (unpaired) electrons. The highest BCUT2D eigenvalue weighted by Gasteiger charge is 2.28. The maximum Gasteiger partial charge on any atom is 0.224 e. The first-order valence-electron chi connectivity index (χ1n) is 8.02. The van der Waals surface area contributed by atoms with Crippen LogP contribution in [-0.2, 0) is 4.79 Å². The molecule has 1 fully saturated rings. The van der Waals surface area contributed by atoms with Crippen LogP contribution in [0.25, 0.3) is 0 Å². The summed E-state index contributed by atoms with van der Waals surface area (Å²) in [4.78, 5) is 14.5. The summed E-state index contributed by atoms with van der Waals surface area (Å²) >= 11 is 0. The first-order chi connectivity index (χ1) is 10.1. The van der Waals surface area contributed by atoms with Crippen LogP contribution in [0.5, 0.6) is 0 Å². The second kappa shape index (κ2) is 7.46. The van der Waals surface area contributed by atoms with Gasteiger partial charge in [-0.1, -0.05) is 19.1 Å². The lowest BCUT2D eigenvalue weighted by Crippen LogP contribution is -2.35. The van der Waals surface area contributed by atoms with E-state index in [-0.39, 0.29) is 5.91 Å². The third-order valence-electron chi connectivity index (χ3n) is 4.48. The smallest absolute Gasteiger partial charge is 0.224 e. The van der Waals surface area contributed by atoms with E-state index in [1.807, 2.05) is 18.2 Å². The van der Waals surface area contributed by atoms with E-state index in [1.165, 1.54) is 19.3 Å². The largest absolute Gasteiger partial charge is 0.397 e. The van der Waals surface area contributed by atoms with Gasteiger partial charge in [-0.15, -0.1) is 0 Å². The number of benzene rings is 1. The van der Waals surface area contributed by atoms with E-state index < -0.39 is 0 Å². The number of para-hydroxylation sites is 2. The number of carbonyl (C=O) groups is 1. The van der Waals surface area contributed by atoms with Gasteiger partial charge in [0.1, 0.15) is 0 Å². The van der Waals surface area contributed by atoms with Crippen molar-refractivity contribution < 1.29 is 4.79 Å². The van der Waals surface area contributed by atoms with Gasteiger partial charge in [0, 0.05) is 18.5 Å². The van der Waals surface area contributed by atoms with Gasteiger partial charge < -0.3 is 11.1 Å². The van der Waals surface area contributed by atoms with Gasteiger partial charge in [-0.2, -0.15) is 0 Å². The first-order valence-corrected chi connectivity index (χ1v) is 8.02. The molecule has 21 heavy (non-hydrogen) atoms. The zero-order valence-corrected chi connectivity index (χ0v) is 13.1. The predicted molar refractivity (Wildman–Crippen MR) is 88.2 cm³/mol. The molecule has 116 valence electrons. The Kier molecular flexibility index (Phi) is 5.62. The van der Waals surface area contributed by atoms with Crippen molar-refractivity contribution in [2.45, 2.75) is 58.0 Å². The lowest BCUT2D eigenvalue weighted by Gasteiger charge is -2.27. The number of rotatable bonds is 6. The molecule has 1 aromatic rings. The number of carbonyl (C=O) groups excluding carboxylic acids is 1. The standard InChI is InChI=1S/C17H27N3O/c1-3-14-11-10-13(2)20(14)12-6-9-17(21)19-16-8-5-4-7-15(16)18/h4-5,7-8,13-14H,3,6,9-12,18H2,1-2H3,(H,19,21). The van der Waals surface area contributed by atoms with Crippen LogP contribution in [0, 0.1) is 0 Å². The molecule has 2 rings (SSSR count). The Bertz CT molecular complexity index is 475. The van der Waals surface area contributed by atoms with Gasteiger partial charge in [-0.3, -0.25) is 9.69 Å². The predicted octanol–water partition coefficient (Wildman–Crippen LogP) is 3.25. The van der Waals surface area contributed by atoms with Crippen molar-refractivity contribution in [2.24, 2.45) is 0 Å². The highest BCUT2D eigenvalue weighted by atomic mass is 16.1. The Labute approximate surface area is 127 Å². The minimum absolute atomic E-state index is 0.0489. The summed E-state index contributed by atoms with van der Waals surface area (Å²) in [5.41, 5.74) is 7.16. The van der Waals surface area contributed by atoms with Crippen molar-refractivity contribution in [3.8, 4) is 0 Å². The fourth-order valence-corrected chi connectivity index (χ4v) is 3.21. The molecule has 1 aromatic carbocycles. The highest BCUT2D eigenvalue weighted by molar-refractivity contribution is 5.93. The van der Waals surface area contributed by atoms with Crippen LogP contribution >= 0.6 is 0 Å². The molecule has 1 heterocycles. The lowest BCUT2D eigenvalue weighted by molar-refractivity contribution is -0.116. The van der Waals surface area contributed by atoms with Gasteiger partial charge in [0.2, 0.25) is 5.91 Å². The van der Waals surface area contributed by atoms with Crippen molar-refractivity contribution in [2.75, 3.05) is 17.6 Å². The van der Waals surface area contributed by atoms with Crippen LogP contribution in [0.2, 0.25) is 0 Å². The van der Waals surface area contributed by atoms with E-state index in [1.54, 1.807) is 6.07 Å². The molecule has 0 aromatic heterocycles. The van der Waals surface area contributed by atoms with Gasteiger partial charge in [0.05, 0.1) is 11.4 Å². The van der Waals surface area contributed by atoms with E-state index in [9.17, 15) is 4.79 Å². The Morgan fingerprint density at radius 2 is 2.14 bits per heavy atom. The fourth-order valence-electron chi connectivity index (χ4n) is 3.21. The normalized spacial score (nSPS) is 22.4. The minimum atomic E-state index is 0.0489. The number of anilines is 2. The molecule has 0 saturated carbocycles. The maximum atomic E-state index is 12.0. The monoisotopic (exact) mass is 289 g/mol. The molecule has 4 heteroatoms. The Morgan fingerprint density at radius 3 is 2.86 bits per heavy atom. The van der Waals surface area contributed by atoms with Gasteiger partial charge in [-0.05, 0) is 51.3 Å². The average molecular weight is 289 g/mol. The molecule has 2 atom stereocenters. The van der Waals surface area contributed by atoms with Crippen LogP contribution in [0.15, 0.2) is 24.3 Å². The van der Waals surface area contributed by atoms with Crippen molar-refractivity contribution in [3.63, 3.8) is 0 Å². The number of hydrogen-bond acceptors (Lipinski definition) is 3. The van der Waals surface area contributed by atoms with E-state index in [0.717, 1.165) is 13.0 Å². The molecule has 1 amide bonds. The van der Waals surface area contributed by atoms with Crippen molar-refractivity contribution in [1.82, 2.24) is 4.90 Å². The molecule has 0 spiro atoms. The number of hydrogen-bond donors (Lipinski definition) is 2. The van der Waals surface area contributed by atoms with E-state index in [0.29, 0.717) is 29.9 Å². The van der Waals surface area contributed by atoms with Gasteiger partial charge in [0.15, 0.2) is 0 Å². The number of amides is 1. The Hall–Kier alpha value is -1.55. The van der Waals surface area contributed by atoms with Gasteiger partial charge in [0.25, 0.3) is 0 Å². The summed E-state index contributed by atoms with van der Waals surface area (Å²) in [7, 11) is 0. The molecule has 4 nitrogen and oxygen atoms in total. The number of likely N-dealkylation sites (tertiary alicyclic amines) is 1. The van der Waals surface area contributed by atoms with Crippen molar-refractivity contribution in [3.05, 3.63) is 24.3 Å². The number of nitrogens with two attached hydrogens (primary N) is 1. The molecule has 1 aliphatic heterocycles. The second-order valence-corrected chi connectivity index (χ2v) is 5.97. The lowest BCUT2D eigenvalue weighted by atomic mass is 10.1. The van der Waals surface area contributed by atoms with E-state index in [4.69, 9.17) is 5.73 Å². The van der Waals surface area contributed by atoms with Crippen LogP contribution in [0.4, 0.5) is 11.4 Å². The van der Waals surface area contributed by atoms with Crippen LogP contribution < -0.4 is 11.1 Å². The first kappa shape index (κ1) is 15.8. The average Bonchev–Trinajstić information content (AvgIpc) is 2.82. The second-order valence-electron chi connectivity index (χ2n) is 5.97. The summed E-state index contributed by atoms with van der Waals surface area (Å²) in [5.74, 6) is 0.0489. The molecule has 0 aliphatic carbocycles. The summed E-state index contributed by atoms with van der Waals surface area (Å²) < 4.78 is 0. The molecule has 3 N–H and O–H groups in total. The molecular formula is C17H27N3O. The third-order valence-corrected chi connectivity index (χ3v) is 4.48. The molecular weight excluding hydrogens is 262 g/mol. The fraction of sp³-hybridized carbons (Fsp3) is 0.588. The summed E-state index contributed by atoms with van der Waals surface area (Å²) in [6.45, 7) is 5.55. The van der Waals surface area contributed by atoms with E-state index in [2.05, 4.69) is 24.1 Å². The maximum absolute atomic E-state index is 12.0. The quantitative estimate of drug-likeness (QED) is 0.790. The number of nitrogen functional groups attached to an aromatic ring is 1. The van der Waals surface area contributed by atoms with Crippen molar-refractivity contribution in [1.29, 1.82) is 0 Å². The summed E-state index contributed by atoms with van der Waals surface area (Å²) in [5, 5.41) is 2.89. The van der Waals surface area contributed by atoms with Crippen molar-refractivity contribution >= 4 is 17.3 Å². The summed E-state index contributed by atoms with van der Waals surface area (Å²) in [6, 6.07) is 8.74. The SMILES string of the molecule is CCC1CCC(C)N1CCCC(=O)Nc1ccccc1N. The van der Waals surface area contributed by atoms with E-state index >= 15 is 0 Å². The number of nitrogens with zero attached hydrogens (tertiary/aromatic N) is 1. The zero-order valence-electron chi connectivity index (χ0n) is 13.1. The molecule has 1 saturated heterocycles. The Balaban J connectivity index is 1.76. The molecule has 2 unspecified atom stereocenters. The van der Waals surface area contributed by atoms with Crippen LogP contribution in [-0.4, -0.2) is 29.4 Å². The minimum Gasteiger partial charge on any atom is -0.397 e. The topological polar surface area (TPSA) is 58.4 Å². The summed E-state index contributed by atoms with van der Waals surface area (Å²) in [6.07, 6.45) is 5.24. The van der Waals surface area contributed by atoms with Gasteiger partial charge >= 0.3 is 0 Å². The third kappa shape index (κ3) is 4.21. The zero-order chi connectivity index (χ0) is 15.2. The molecule has 1 aliphatic rings. The van der Waals surface area contributed by atoms with Crippen LogP contribution in [0.3, 0.4) is 0 Å². The Morgan fingerprint density at radius 1 is 1.38 bits per heavy atom. The number of nitrogens with one attached hydrogen (secondary N) is 1. The molecule has 0 bridgehead atoms. The van der Waals surface area contributed by atoms with Gasteiger partial charge in [-0.25, -0.2) is 0 Å². The van der Waals surface area contributed by atoms with Crippen LogP contribution in [0.1, 0.15) is 46.0 Å².